The first-order valence-corrected chi connectivity index (χ1v) is 9.33. The Balaban J connectivity index is 1.86. The molecule has 0 spiro atoms. The summed E-state index contributed by atoms with van der Waals surface area (Å²) in [5, 5.41) is 0. The fraction of sp³-hybridized carbons (Fsp3) is 0.714. The highest BCUT2D eigenvalue weighted by Gasteiger charge is 2.45. The average Bonchev–Trinajstić information content (AvgIpc) is 2.46. The Kier molecular flexibility index (Phi) is 4.52. The van der Waals surface area contributed by atoms with E-state index in [-0.39, 0.29) is 5.60 Å². The number of benzene rings is 1. The van der Waals surface area contributed by atoms with Crippen LogP contribution in [0.2, 0.25) is 0 Å². The largest absolute Gasteiger partial charge is 0.487 e. The lowest BCUT2D eigenvalue weighted by Gasteiger charge is -2.48. The number of fused-ring (bicyclic) bond motifs is 3. The Morgan fingerprint density at radius 3 is 2.77 bits per heavy atom. The van der Waals surface area contributed by atoms with E-state index in [2.05, 4.69) is 45.9 Å². The first-order valence-electron chi connectivity index (χ1n) is 9.33. The molecule has 1 aromatic rings. The Labute approximate surface area is 136 Å². The van der Waals surface area contributed by atoms with Crippen molar-refractivity contribution >= 4 is 0 Å². The van der Waals surface area contributed by atoms with Gasteiger partial charge in [0.2, 0.25) is 0 Å². The van der Waals surface area contributed by atoms with Gasteiger partial charge in [-0.3, -0.25) is 0 Å². The van der Waals surface area contributed by atoms with Gasteiger partial charge in [-0.1, -0.05) is 45.2 Å². The highest BCUT2D eigenvalue weighted by atomic mass is 16.5. The van der Waals surface area contributed by atoms with Gasteiger partial charge in [-0.25, -0.2) is 0 Å². The molecule has 0 amide bonds. The number of aryl methyl sites for hydroxylation is 1. The van der Waals surface area contributed by atoms with Crippen molar-refractivity contribution in [1.29, 1.82) is 0 Å². The third-order valence-corrected chi connectivity index (χ3v) is 5.92. The Morgan fingerprint density at radius 2 is 2.00 bits per heavy atom. The van der Waals surface area contributed by atoms with Gasteiger partial charge in [0.25, 0.3) is 0 Å². The van der Waals surface area contributed by atoms with Crippen LogP contribution in [-0.2, 0) is 6.42 Å². The zero-order valence-corrected chi connectivity index (χ0v) is 14.8. The molecule has 1 nitrogen and oxygen atoms in total. The van der Waals surface area contributed by atoms with E-state index in [0.29, 0.717) is 11.8 Å². The smallest absolute Gasteiger partial charge is 0.123 e. The zero-order chi connectivity index (χ0) is 15.7. The number of hydrogen-bond donors (Lipinski definition) is 0. The average molecular weight is 300 g/mol. The van der Waals surface area contributed by atoms with Crippen LogP contribution in [-0.4, -0.2) is 5.60 Å². The molecule has 1 aromatic carbocycles. The van der Waals surface area contributed by atoms with E-state index in [9.17, 15) is 0 Å². The summed E-state index contributed by atoms with van der Waals surface area (Å²) < 4.78 is 6.47. The van der Waals surface area contributed by atoms with Gasteiger partial charge < -0.3 is 4.74 Å². The minimum Gasteiger partial charge on any atom is -0.487 e. The summed E-state index contributed by atoms with van der Waals surface area (Å²) in [6.45, 7) is 9.28. The third kappa shape index (κ3) is 3.05. The van der Waals surface area contributed by atoms with E-state index in [1.807, 2.05) is 0 Å². The maximum Gasteiger partial charge on any atom is 0.123 e. The second kappa shape index (κ2) is 6.26. The third-order valence-electron chi connectivity index (χ3n) is 5.92. The molecule has 22 heavy (non-hydrogen) atoms. The fourth-order valence-corrected chi connectivity index (χ4v) is 4.62. The second-order valence-electron chi connectivity index (χ2n) is 8.17. The van der Waals surface area contributed by atoms with E-state index in [0.717, 1.165) is 5.92 Å². The van der Waals surface area contributed by atoms with Crippen molar-refractivity contribution in [3.8, 4) is 5.75 Å². The Bertz CT molecular complexity index is 517. The molecule has 1 fully saturated rings. The Morgan fingerprint density at radius 1 is 1.18 bits per heavy atom. The van der Waals surface area contributed by atoms with Gasteiger partial charge in [0, 0.05) is 5.92 Å². The molecule has 0 aromatic heterocycles. The second-order valence-corrected chi connectivity index (χ2v) is 8.17. The lowest BCUT2D eigenvalue weighted by Crippen LogP contribution is -2.46. The van der Waals surface area contributed by atoms with E-state index in [1.54, 1.807) is 0 Å². The summed E-state index contributed by atoms with van der Waals surface area (Å²) in [6.07, 6.45) is 9.10. The van der Waals surface area contributed by atoms with Crippen LogP contribution in [0.15, 0.2) is 18.2 Å². The first-order chi connectivity index (χ1) is 10.5. The van der Waals surface area contributed by atoms with Crippen molar-refractivity contribution in [2.45, 2.75) is 84.2 Å². The van der Waals surface area contributed by atoms with Crippen molar-refractivity contribution in [3.05, 3.63) is 29.3 Å². The summed E-state index contributed by atoms with van der Waals surface area (Å²) in [6, 6.07) is 7.07. The van der Waals surface area contributed by atoms with Crippen LogP contribution < -0.4 is 4.74 Å². The topological polar surface area (TPSA) is 9.23 Å². The number of hydrogen-bond acceptors (Lipinski definition) is 1. The predicted molar refractivity (Wildman–Crippen MR) is 93.6 cm³/mol. The van der Waals surface area contributed by atoms with E-state index in [4.69, 9.17) is 4.74 Å². The van der Waals surface area contributed by atoms with Crippen LogP contribution in [0.5, 0.6) is 5.75 Å². The van der Waals surface area contributed by atoms with Crippen molar-refractivity contribution in [2.75, 3.05) is 0 Å². The van der Waals surface area contributed by atoms with Gasteiger partial charge >= 0.3 is 0 Å². The molecule has 3 rings (SSSR count). The van der Waals surface area contributed by atoms with E-state index in [1.165, 1.54) is 61.8 Å². The molecule has 0 saturated heterocycles. The van der Waals surface area contributed by atoms with Crippen molar-refractivity contribution in [3.63, 3.8) is 0 Å². The molecule has 0 N–H and O–H groups in total. The molecule has 1 heteroatoms. The maximum atomic E-state index is 6.47. The van der Waals surface area contributed by atoms with Crippen LogP contribution in [0.1, 0.15) is 83.3 Å². The maximum absolute atomic E-state index is 6.47. The van der Waals surface area contributed by atoms with E-state index < -0.39 is 0 Å². The van der Waals surface area contributed by atoms with Gasteiger partial charge in [-0.2, -0.15) is 0 Å². The highest BCUT2D eigenvalue weighted by Crippen LogP contribution is 2.52. The SMILES string of the molecule is CCCCCc1ccc2c(c1)OC(C)(C)C1CCC(C)CC21. The minimum absolute atomic E-state index is 0.0140. The molecule has 3 atom stereocenters. The van der Waals surface area contributed by atoms with Crippen molar-refractivity contribution < 1.29 is 4.74 Å². The van der Waals surface area contributed by atoms with Gasteiger partial charge in [0.05, 0.1) is 0 Å². The fourth-order valence-electron chi connectivity index (χ4n) is 4.62. The van der Waals surface area contributed by atoms with Crippen LogP contribution in [0.3, 0.4) is 0 Å². The minimum atomic E-state index is -0.0140. The van der Waals surface area contributed by atoms with Crippen LogP contribution in [0.4, 0.5) is 0 Å². The first kappa shape index (κ1) is 15.9. The molecular weight excluding hydrogens is 268 g/mol. The van der Waals surface area contributed by atoms with Crippen LogP contribution in [0, 0.1) is 11.8 Å². The summed E-state index contributed by atoms with van der Waals surface area (Å²) in [5.41, 5.74) is 2.92. The van der Waals surface area contributed by atoms with Crippen LogP contribution >= 0.6 is 0 Å². The molecule has 1 aliphatic heterocycles. The molecule has 1 aliphatic carbocycles. The van der Waals surface area contributed by atoms with E-state index >= 15 is 0 Å². The molecule has 0 radical (unpaired) electrons. The van der Waals surface area contributed by atoms with Gasteiger partial charge in [0.15, 0.2) is 0 Å². The Hall–Kier alpha value is -0.980. The van der Waals surface area contributed by atoms with Crippen molar-refractivity contribution in [2.24, 2.45) is 11.8 Å². The highest BCUT2D eigenvalue weighted by molar-refractivity contribution is 5.43. The summed E-state index contributed by atoms with van der Waals surface area (Å²) in [4.78, 5) is 0. The lowest BCUT2D eigenvalue weighted by atomic mass is 9.64. The molecule has 3 unspecified atom stereocenters. The number of ether oxygens (including phenoxy) is 1. The molecule has 0 bridgehead atoms. The predicted octanol–water partition coefficient (Wildman–Crippen LogP) is 6.11. The number of unbranched alkanes of at least 4 members (excludes halogenated alkanes) is 2. The van der Waals surface area contributed by atoms with Crippen molar-refractivity contribution in [1.82, 2.24) is 0 Å². The molecular formula is C21H32O. The molecule has 122 valence electrons. The zero-order valence-electron chi connectivity index (χ0n) is 14.8. The summed E-state index contributed by atoms with van der Waals surface area (Å²) in [5.74, 6) is 3.41. The summed E-state index contributed by atoms with van der Waals surface area (Å²) in [7, 11) is 0. The van der Waals surface area contributed by atoms with Gasteiger partial charge in [0.1, 0.15) is 11.4 Å². The van der Waals surface area contributed by atoms with Gasteiger partial charge in [-0.15, -0.1) is 0 Å². The quantitative estimate of drug-likeness (QED) is 0.609. The normalized spacial score (nSPS) is 29.4. The number of rotatable bonds is 4. The monoisotopic (exact) mass is 300 g/mol. The van der Waals surface area contributed by atoms with Gasteiger partial charge in [-0.05, 0) is 68.6 Å². The molecule has 1 saturated carbocycles. The molecule has 2 aliphatic rings. The van der Waals surface area contributed by atoms with Crippen LogP contribution in [0.25, 0.3) is 0 Å². The lowest BCUT2D eigenvalue weighted by molar-refractivity contribution is -0.0136. The standard InChI is InChI=1S/C21H32O/c1-5-6-7-8-16-10-11-17-18-13-15(2)9-12-19(18)21(3,4)22-20(17)14-16/h10-11,14-15,18-19H,5-9,12-13H2,1-4H3. The molecule has 1 heterocycles. The summed E-state index contributed by atoms with van der Waals surface area (Å²) >= 11 is 0.